The highest BCUT2D eigenvalue weighted by Crippen LogP contribution is 2.26. The molecule has 0 fully saturated rings. The number of carbonyl (C=O) groups is 2. The van der Waals surface area contributed by atoms with Crippen LogP contribution in [0.5, 0.6) is 5.75 Å². The molecule has 0 unspecified atom stereocenters. The van der Waals surface area contributed by atoms with Crippen LogP contribution in [0.2, 0.25) is 0 Å². The second-order valence-corrected chi connectivity index (χ2v) is 4.39. The van der Waals surface area contributed by atoms with E-state index in [-0.39, 0.29) is 12.5 Å². The number of carbonyl (C=O) groups excluding carboxylic acids is 2. The molecule has 0 radical (unpaired) electrons. The molecule has 0 atom stereocenters. The first-order valence-corrected chi connectivity index (χ1v) is 6.28. The standard InChI is InChI=1S/C14H17NO4/c1-3-18-13(16)9-15(2)14(17)11-4-5-12-10(8-11)6-7-19-12/h4-5,8H,3,6-7,9H2,1-2H3. The number of likely N-dealkylation sites (N-methyl/N-ethyl adjacent to an activating group) is 1. The molecule has 1 aromatic carbocycles. The molecule has 1 aliphatic rings. The second-order valence-electron chi connectivity index (χ2n) is 4.39. The van der Waals surface area contributed by atoms with E-state index >= 15 is 0 Å². The maximum Gasteiger partial charge on any atom is 0.325 e. The Bertz CT molecular complexity index is 498. The number of hydrogen-bond donors (Lipinski definition) is 0. The van der Waals surface area contributed by atoms with E-state index in [1.807, 2.05) is 6.07 Å². The average molecular weight is 263 g/mol. The Labute approximate surface area is 112 Å². The SMILES string of the molecule is CCOC(=O)CN(C)C(=O)c1ccc2c(c1)CCO2. The third kappa shape index (κ3) is 3.05. The minimum Gasteiger partial charge on any atom is -0.493 e. The molecule has 0 saturated carbocycles. The fourth-order valence-electron chi connectivity index (χ4n) is 2.01. The lowest BCUT2D eigenvalue weighted by Crippen LogP contribution is -2.33. The third-order valence-electron chi connectivity index (χ3n) is 2.95. The lowest BCUT2D eigenvalue weighted by atomic mass is 10.1. The van der Waals surface area contributed by atoms with Crippen molar-refractivity contribution in [2.75, 3.05) is 26.8 Å². The zero-order chi connectivity index (χ0) is 13.8. The summed E-state index contributed by atoms with van der Waals surface area (Å²) in [5.41, 5.74) is 1.60. The highest BCUT2D eigenvalue weighted by atomic mass is 16.5. The predicted molar refractivity (Wildman–Crippen MR) is 69.2 cm³/mol. The Balaban J connectivity index is 2.05. The van der Waals surface area contributed by atoms with Crippen LogP contribution in [-0.2, 0) is 16.0 Å². The molecule has 0 aliphatic carbocycles. The van der Waals surface area contributed by atoms with Gasteiger partial charge in [0.1, 0.15) is 12.3 Å². The van der Waals surface area contributed by atoms with Crippen LogP contribution in [0.15, 0.2) is 18.2 Å². The van der Waals surface area contributed by atoms with Crippen LogP contribution in [0.1, 0.15) is 22.8 Å². The lowest BCUT2D eigenvalue weighted by Gasteiger charge is -2.16. The summed E-state index contributed by atoms with van der Waals surface area (Å²) in [4.78, 5) is 24.9. The largest absolute Gasteiger partial charge is 0.493 e. The Hall–Kier alpha value is -2.04. The molecule has 1 aliphatic heterocycles. The van der Waals surface area contributed by atoms with Crippen molar-refractivity contribution in [3.05, 3.63) is 29.3 Å². The van der Waals surface area contributed by atoms with Crippen LogP contribution in [-0.4, -0.2) is 43.6 Å². The molecule has 2 rings (SSSR count). The van der Waals surface area contributed by atoms with Crippen molar-refractivity contribution in [2.45, 2.75) is 13.3 Å². The van der Waals surface area contributed by atoms with Gasteiger partial charge in [-0.25, -0.2) is 0 Å². The van der Waals surface area contributed by atoms with Gasteiger partial charge in [-0.05, 0) is 30.7 Å². The molecule has 102 valence electrons. The molecule has 0 N–H and O–H groups in total. The Morgan fingerprint density at radius 2 is 2.21 bits per heavy atom. The van der Waals surface area contributed by atoms with Gasteiger partial charge in [0.05, 0.1) is 13.2 Å². The van der Waals surface area contributed by atoms with Crippen molar-refractivity contribution in [1.82, 2.24) is 4.90 Å². The quantitative estimate of drug-likeness (QED) is 0.767. The lowest BCUT2D eigenvalue weighted by molar-refractivity contribution is -0.143. The van der Waals surface area contributed by atoms with E-state index in [0.29, 0.717) is 18.8 Å². The Morgan fingerprint density at radius 1 is 1.42 bits per heavy atom. The number of fused-ring (bicyclic) bond motifs is 1. The molecule has 1 amide bonds. The number of hydrogen-bond acceptors (Lipinski definition) is 4. The summed E-state index contributed by atoms with van der Waals surface area (Å²) in [5, 5.41) is 0. The Morgan fingerprint density at radius 3 is 2.95 bits per heavy atom. The smallest absolute Gasteiger partial charge is 0.325 e. The fourth-order valence-corrected chi connectivity index (χ4v) is 2.01. The number of ether oxygens (including phenoxy) is 2. The first kappa shape index (κ1) is 13.4. The number of amides is 1. The van der Waals surface area contributed by atoms with E-state index in [9.17, 15) is 9.59 Å². The van der Waals surface area contributed by atoms with Crippen molar-refractivity contribution in [3.8, 4) is 5.75 Å². The zero-order valence-corrected chi connectivity index (χ0v) is 11.1. The first-order chi connectivity index (χ1) is 9.11. The molecule has 1 aromatic rings. The van der Waals surface area contributed by atoms with E-state index in [0.717, 1.165) is 17.7 Å². The van der Waals surface area contributed by atoms with Crippen LogP contribution in [0, 0.1) is 0 Å². The van der Waals surface area contributed by atoms with Crippen LogP contribution in [0.4, 0.5) is 0 Å². The van der Waals surface area contributed by atoms with Crippen LogP contribution in [0.25, 0.3) is 0 Å². The molecule has 0 spiro atoms. The summed E-state index contributed by atoms with van der Waals surface area (Å²) in [6, 6.07) is 5.34. The molecule has 1 heterocycles. The van der Waals surface area contributed by atoms with Crippen molar-refractivity contribution in [2.24, 2.45) is 0 Å². The van der Waals surface area contributed by atoms with Gasteiger partial charge in [-0.15, -0.1) is 0 Å². The van der Waals surface area contributed by atoms with Gasteiger partial charge in [0.15, 0.2) is 0 Å². The number of benzene rings is 1. The van der Waals surface area contributed by atoms with E-state index in [1.54, 1.807) is 26.1 Å². The fraction of sp³-hybridized carbons (Fsp3) is 0.429. The van der Waals surface area contributed by atoms with Gasteiger partial charge in [-0.1, -0.05) is 0 Å². The minimum absolute atomic E-state index is 0.0414. The summed E-state index contributed by atoms with van der Waals surface area (Å²) >= 11 is 0. The van der Waals surface area contributed by atoms with Crippen molar-refractivity contribution >= 4 is 11.9 Å². The number of rotatable bonds is 4. The maximum absolute atomic E-state index is 12.2. The maximum atomic E-state index is 12.2. The van der Waals surface area contributed by atoms with Crippen molar-refractivity contribution in [3.63, 3.8) is 0 Å². The molecule has 5 nitrogen and oxygen atoms in total. The summed E-state index contributed by atoms with van der Waals surface area (Å²) < 4.78 is 10.2. The van der Waals surface area contributed by atoms with Gasteiger partial charge in [0.2, 0.25) is 0 Å². The van der Waals surface area contributed by atoms with E-state index in [2.05, 4.69) is 0 Å². The predicted octanol–water partition coefficient (Wildman–Crippen LogP) is 1.26. The molecule has 5 heteroatoms. The van der Waals surface area contributed by atoms with Crippen LogP contribution in [0.3, 0.4) is 0 Å². The topological polar surface area (TPSA) is 55.8 Å². The van der Waals surface area contributed by atoms with Gasteiger partial charge >= 0.3 is 5.97 Å². The monoisotopic (exact) mass is 263 g/mol. The van der Waals surface area contributed by atoms with Crippen molar-refractivity contribution < 1.29 is 19.1 Å². The summed E-state index contributed by atoms with van der Waals surface area (Å²) in [7, 11) is 1.59. The van der Waals surface area contributed by atoms with Gasteiger partial charge in [-0.2, -0.15) is 0 Å². The average Bonchev–Trinajstić information content (AvgIpc) is 2.85. The molecule has 0 bridgehead atoms. The molecule has 0 saturated heterocycles. The molecular formula is C14H17NO4. The van der Waals surface area contributed by atoms with E-state index in [1.165, 1.54) is 4.90 Å². The van der Waals surface area contributed by atoms with Crippen LogP contribution < -0.4 is 4.74 Å². The summed E-state index contributed by atoms with van der Waals surface area (Å²) in [6.07, 6.45) is 0.818. The van der Waals surface area contributed by atoms with Gasteiger partial charge in [-0.3, -0.25) is 9.59 Å². The van der Waals surface area contributed by atoms with E-state index < -0.39 is 5.97 Å². The zero-order valence-electron chi connectivity index (χ0n) is 11.1. The molecule has 0 aromatic heterocycles. The van der Waals surface area contributed by atoms with Crippen LogP contribution >= 0.6 is 0 Å². The second kappa shape index (κ2) is 5.73. The minimum atomic E-state index is -0.400. The Kier molecular flexibility index (Phi) is 4.04. The normalized spacial score (nSPS) is 12.5. The summed E-state index contributed by atoms with van der Waals surface area (Å²) in [5.74, 6) is 0.246. The number of nitrogens with zero attached hydrogens (tertiary/aromatic N) is 1. The molecule has 19 heavy (non-hydrogen) atoms. The van der Waals surface area contributed by atoms with Gasteiger partial charge in [0.25, 0.3) is 5.91 Å². The van der Waals surface area contributed by atoms with Crippen molar-refractivity contribution in [1.29, 1.82) is 0 Å². The summed E-state index contributed by atoms with van der Waals surface area (Å²) in [6.45, 7) is 2.67. The highest BCUT2D eigenvalue weighted by molar-refractivity contribution is 5.96. The van der Waals surface area contributed by atoms with E-state index in [4.69, 9.17) is 9.47 Å². The van der Waals surface area contributed by atoms with Gasteiger partial charge < -0.3 is 14.4 Å². The molecular weight excluding hydrogens is 246 g/mol. The number of esters is 1. The van der Waals surface area contributed by atoms with Gasteiger partial charge in [0, 0.05) is 19.0 Å². The third-order valence-corrected chi connectivity index (χ3v) is 2.95. The first-order valence-electron chi connectivity index (χ1n) is 6.28. The highest BCUT2D eigenvalue weighted by Gasteiger charge is 2.19.